The molecule has 0 spiro atoms. The smallest absolute Gasteiger partial charge is 0.305 e. The lowest BCUT2D eigenvalue weighted by molar-refractivity contribution is -0.137. The molecule has 300 valence electrons. The number of aliphatic carboxylic acids is 1. The normalized spacial score (nSPS) is 22.6. The average Bonchev–Trinajstić information content (AvgIpc) is 3.23. The number of ether oxygens (including phenoxy) is 1. The van der Waals surface area contributed by atoms with Crippen molar-refractivity contribution in [3.8, 4) is 11.5 Å². The molecule has 0 radical (unpaired) electrons. The van der Waals surface area contributed by atoms with Crippen LogP contribution in [0.25, 0.3) is 16.7 Å². The Hall–Kier alpha value is -5.02. The maximum absolute atomic E-state index is 17.3. The number of carboxylic acids is 1. The second-order valence-corrected chi connectivity index (χ2v) is 16.2. The number of carbonyl (C=O) groups is 2. The predicted octanol–water partition coefficient (Wildman–Crippen LogP) is 5.59. The van der Waals surface area contributed by atoms with Gasteiger partial charge in [0.05, 0.1) is 39.8 Å². The van der Waals surface area contributed by atoms with Gasteiger partial charge in [0.1, 0.15) is 23.7 Å². The lowest BCUT2D eigenvalue weighted by Crippen LogP contribution is -2.53. The monoisotopic (exact) mass is 820 g/mol. The van der Waals surface area contributed by atoms with E-state index in [1.807, 2.05) is 0 Å². The standard InChI is InChI=1S/C42H41F4N3O7S/c1-20-17-41(2,3)48-12-7-9-22-36(48)24(20)15-26-29(30-31(33(44)35(46)34(45)32(30)43)40(52)47(6)14-11-28(50)51)27-16-25-21(19-57(53,54)55)18-42(4,5)49-13-8-10-23(37(25)49)39(27)56-38(22)26/h15-18H,7-14,19H2,1-6H3,(H-,50,51,53,54,55)/p+1/i1D2,4D3,5D3,17D,18D,19D2. The van der Waals surface area contributed by atoms with Crippen molar-refractivity contribution in [2.24, 2.45) is 0 Å². The van der Waals surface area contributed by atoms with Crippen molar-refractivity contribution in [1.82, 2.24) is 9.48 Å². The molecular weight excluding hydrogens is 767 g/mol. The van der Waals surface area contributed by atoms with Crippen molar-refractivity contribution in [3.63, 3.8) is 0 Å². The van der Waals surface area contributed by atoms with Gasteiger partial charge in [-0.2, -0.15) is 8.42 Å². The Morgan fingerprint density at radius 1 is 1.02 bits per heavy atom. The Bertz CT molecular complexity index is 3180. The molecule has 0 bridgehead atoms. The molecule has 5 aliphatic rings. The molecule has 0 fully saturated rings. The fourth-order valence-corrected chi connectivity index (χ4v) is 9.00. The third kappa shape index (κ3) is 5.98. The van der Waals surface area contributed by atoms with Gasteiger partial charge in [-0.05, 0) is 69.3 Å². The lowest BCUT2D eigenvalue weighted by atomic mass is 9.78. The van der Waals surface area contributed by atoms with E-state index in [1.54, 1.807) is 18.7 Å². The van der Waals surface area contributed by atoms with Crippen molar-refractivity contribution in [3.05, 3.63) is 97.0 Å². The molecule has 3 aromatic carbocycles. The number of halogens is 4. The number of nitrogens with zero attached hydrogens (tertiary/aromatic N) is 3. The molecule has 1 amide bonds. The predicted molar refractivity (Wildman–Crippen MR) is 206 cm³/mol. The summed E-state index contributed by atoms with van der Waals surface area (Å²) in [7, 11) is -5.15. The van der Waals surface area contributed by atoms with Gasteiger partial charge >= 0.3 is 5.97 Å². The summed E-state index contributed by atoms with van der Waals surface area (Å²) in [4.78, 5) is 28.3. The topological polar surface area (TPSA) is 127 Å². The van der Waals surface area contributed by atoms with Crippen LogP contribution in [0.15, 0.2) is 24.2 Å². The van der Waals surface area contributed by atoms with E-state index in [2.05, 4.69) is 0 Å². The van der Waals surface area contributed by atoms with Gasteiger partial charge in [0.15, 0.2) is 28.8 Å². The highest BCUT2D eigenvalue weighted by Gasteiger charge is 2.44. The minimum absolute atomic E-state index is 0.00425. The molecule has 0 atom stereocenters. The number of fused-ring (bicyclic) bond motifs is 4. The van der Waals surface area contributed by atoms with E-state index in [-0.39, 0.29) is 58.9 Å². The summed E-state index contributed by atoms with van der Waals surface area (Å²) in [6.45, 7) is -7.00. The average molecular weight is 821 g/mol. The molecular formula is C42H42F4N3O7S+. The molecule has 57 heavy (non-hydrogen) atoms. The van der Waals surface area contributed by atoms with E-state index < -0.39 is 152 Å². The first-order valence-electron chi connectivity index (χ1n) is 23.9. The molecule has 0 aromatic heterocycles. The molecule has 15 heteroatoms. The Balaban J connectivity index is 1.70. The first kappa shape index (κ1) is 26.8. The highest BCUT2D eigenvalue weighted by Crippen LogP contribution is 2.53. The lowest BCUT2D eigenvalue weighted by Gasteiger charge is -2.47. The second-order valence-electron chi connectivity index (χ2n) is 15.0. The third-order valence-corrected chi connectivity index (χ3v) is 11.4. The van der Waals surface area contributed by atoms with Crippen LogP contribution in [0.3, 0.4) is 0 Å². The minimum atomic E-state index is -6.11. The Kier molecular flexibility index (Phi) is 6.11. The molecule has 0 saturated heterocycles. The van der Waals surface area contributed by atoms with Crippen LogP contribution in [-0.4, -0.2) is 78.3 Å². The van der Waals surface area contributed by atoms with Crippen LogP contribution in [-0.2, 0) is 27.8 Å². The minimum Gasteiger partial charge on any atom is -0.481 e. The Labute approximate surface area is 343 Å². The van der Waals surface area contributed by atoms with E-state index in [1.165, 1.54) is 6.07 Å². The number of hydrogen-bond acceptors (Lipinski definition) is 6. The summed E-state index contributed by atoms with van der Waals surface area (Å²) in [5.74, 6) is -13.1. The molecule has 5 heterocycles. The fraction of sp³-hybridized carbons (Fsp3) is 0.405. The number of benzene rings is 3. The van der Waals surface area contributed by atoms with Crippen LogP contribution >= 0.6 is 0 Å². The molecule has 3 aromatic rings. The van der Waals surface area contributed by atoms with Crippen LogP contribution in [0.4, 0.5) is 23.2 Å². The van der Waals surface area contributed by atoms with E-state index in [0.717, 1.165) is 17.7 Å². The molecule has 0 aliphatic carbocycles. The highest BCUT2D eigenvalue weighted by molar-refractivity contribution is 7.86. The van der Waals surface area contributed by atoms with E-state index in [0.29, 0.717) is 23.6 Å². The van der Waals surface area contributed by atoms with Crippen molar-refractivity contribution >= 4 is 44.4 Å². The first-order valence-corrected chi connectivity index (χ1v) is 19.2. The number of amides is 1. The highest BCUT2D eigenvalue weighted by atomic mass is 32.2. The molecule has 0 unspecified atom stereocenters. The van der Waals surface area contributed by atoms with Crippen LogP contribution in [0.5, 0.6) is 11.5 Å². The van der Waals surface area contributed by atoms with Gasteiger partial charge in [-0.15, -0.1) is 0 Å². The van der Waals surface area contributed by atoms with E-state index >= 15 is 17.6 Å². The number of rotatable bonds is 7. The molecule has 2 N–H and O–H groups in total. The Morgan fingerprint density at radius 2 is 1.74 bits per heavy atom. The van der Waals surface area contributed by atoms with E-state index in [9.17, 15) is 30.4 Å². The SMILES string of the molecule is [2H]C1=C(C([2H])[2H])c2cc3c(c4c2N(CCC4)C1(C)C)Oc1c2c4c(cc1=C3c1c(F)c(F)c(F)c(F)c1C(=O)N(C)CCC(=O)O)C(C([2H])([2H])S(=O)(=O)O)=C([2H])C(C([2H])([2H])[2H])(C([2H])([2H])[2H])[N+]=4CCC2. The van der Waals surface area contributed by atoms with Crippen LogP contribution in [0, 0.1) is 23.3 Å². The zero-order valence-electron chi connectivity index (χ0n) is 42.6. The number of carbonyl (C=O) groups excluding carboxylic acids is 1. The quantitative estimate of drug-likeness (QED) is 0.0813. The summed E-state index contributed by atoms with van der Waals surface area (Å²) in [5.41, 5.74) is -15.1. The first-order chi connectivity index (χ1) is 31.7. The zero-order valence-corrected chi connectivity index (χ0v) is 31.4. The van der Waals surface area contributed by atoms with E-state index in [4.69, 9.17) is 18.4 Å². The van der Waals surface area contributed by atoms with Gasteiger partial charge in [0.2, 0.25) is 5.36 Å². The number of allylic oxidation sites excluding steroid dienone is 1. The fourth-order valence-electron chi connectivity index (χ4n) is 8.58. The van der Waals surface area contributed by atoms with Crippen molar-refractivity contribution in [1.29, 1.82) is 0 Å². The molecule has 8 rings (SSSR count). The van der Waals surface area contributed by atoms with Crippen molar-refractivity contribution in [2.45, 2.75) is 77.6 Å². The van der Waals surface area contributed by atoms with Gasteiger partial charge in [-0.1, -0.05) is 6.05 Å². The maximum Gasteiger partial charge on any atom is 0.305 e. The van der Waals surface area contributed by atoms with Gasteiger partial charge in [0.25, 0.3) is 16.0 Å². The van der Waals surface area contributed by atoms with Crippen molar-refractivity contribution < 1.29 is 66.4 Å². The summed E-state index contributed by atoms with van der Waals surface area (Å²) < 4.78 is 215. The van der Waals surface area contributed by atoms with Crippen LogP contribution < -0.4 is 24.8 Å². The summed E-state index contributed by atoms with van der Waals surface area (Å²) >= 11 is 0. The van der Waals surface area contributed by atoms with Gasteiger partial charge in [0, 0.05) is 84.3 Å². The molecule has 5 aliphatic heterocycles. The largest absolute Gasteiger partial charge is 0.481 e. The third-order valence-electron chi connectivity index (χ3n) is 11.0. The summed E-state index contributed by atoms with van der Waals surface area (Å²) in [6, 6.07) is 0.123. The maximum atomic E-state index is 17.3. The van der Waals surface area contributed by atoms with Gasteiger partial charge in [-0.3, -0.25) is 14.1 Å². The Morgan fingerprint density at radius 3 is 2.42 bits per heavy atom. The summed E-state index contributed by atoms with van der Waals surface area (Å²) in [6.07, 6.45) is -0.762. The van der Waals surface area contributed by atoms with Crippen LogP contribution in [0.1, 0.15) is 114 Å². The van der Waals surface area contributed by atoms with Crippen LogP contribution in [0.2, 0.25) is 0 Å². The number of anilines is 1. The van der Waals surface area contributed by atoms with Gasteiger partial charge in [-0.25, -0.2) is 22.1 Å². The summed E-state index contributed by atoms with van der Waals surface area (Å²) in [5, 5.41) is 8.27. The molecule has 0 saturated carbocycles. The number of hydrogen-bond donors (Lipinski definition) is 2. The van der Waals surface area contributed by atoms with Crippen molar-refractivity contribution in [2.75, 3.05) is 37.3 Å². The molecule has 10 nitrogen and oxygen atoms in total. The van der Waals surface area contributed by atoms with Gasteiger partial charge < -0.3 is 19.6 Å². The number of carboxylic acid groups (broad SMARTS) is 1. The zero-order chi connectivity index (χ0) is 51.4. The second kappa shape index (κ2) is 13.0.